The van der Waals surface area contributed by atoms with E-state index in [2.05, 4.69) is 9.93 Å². The van der Waals surface area contributed by atoms with Gasteiger partial charge in [0, 0.05) is 17.8 Å². The number of nitrogens with zero attached hydrogens (tertiary/aromatic N) is 2. The lowest BCUT2D eigenvalue weighted by molar-refractivity contribution is 0.384. The molecule has 0 bridgehead atoms. The molecule has 0 aliphatic carbocycles. The van der Waals surface area contributed by atoms with Crippen LogP contribution in [0.15, 0.2) is 40.0 Å². The van der Waals surface area contributed by atoms with E-state index in [9.17, 15) is 13.2 Å². The maximum Gasteiger partial charge on any atom is 0.287 e. The molecule has 0 unspecified atom stereocenters. The number of nitrogens with two attached hydrogens (primary N) is 1. The van der Waals surface area contributed by atoms with Crippen molar-refractivity contribution in [3.05, 3.63) is 46.2 Å². The van der Waals surface area contributed by atoms with Crippen LogP contribution in [0.2, 0.25) is 0 Å². The van der Waals surface area contributed by atoms with E-state index in [1.807, 2.05) is 0 Å². The van der Waals surface area contributed by atoms with Gasteiger partial charge in [0.1, 0.15) is 0 Å². The fourth-order valence-electron chi connectivity index (χ4n) is 1.71. The van der Waals surface area contributed by atoms with Crippen LogP contribution in [0, 0.1) is 6.92 Å². The maximum atomic E-state index is 12.3. The number of benzene rings is 1. The van der Waals surface area contributed by atoms with Gasteiger partial charge in [0.2, 0.25) is 5.88 Å². The number of nitrogens with one attached hydrogen (secondary N) is 1. The van der Waals surface area contributed by atoms with Gasteiger partial charge in [-0.15, -0.1) is 9.89 Å². The summed E-state index contributed by atoms with van der Waals surface area (Å²) in [5.41, 5.74) is 5.86. The average molecular weight is 310 g/mol. The van der Waals surface area contributed by atoms with E-state index in [0.29, 0.717) is 16.0 Å². The second-order valence-electron chi connectivity index (χ2n) is 4.25. The monoisotopic (exact) mass is 310 g/mol. The quantitative estimate of drug-likeness (QED) is 0.772. The molecule has 2 aromatic rings. The minimum absolute atomic E-state index is 0.00761. The Balaban J connectivity index is 2.44. The van der Waals surface area contributed by atoms with Gasteiger partial charge in [-0.25, -0.2) is 0 Å². The van der Waals surface area contributed by atoms with Crippen LogP contribution >= 0.6 is 0 Å². The second-order valence-corrected chi connectivity index (χ2v) is 5.87. The molecule has 0 saturated heterocycles. The SMILES string of the molecule is COc1ccc(=O)n(NS(=O)(=O)c2ccc(N)cc2C)n1. The number of anilines is 1. The molecule has 21 heavy (non-hydrogen) atoms. The van der Waals surface area contributed by atoms with Crippen molar-refractivity contribution in [1.29, 1.82) is 0 Å². The van der Waals surface area contributed by atoms with Crippen LogP contribution in [0.3, 0.4) is 0 Å². The highest BCUT2D eigenvalue weighted by atomic mass is 32.2. The predicted molar refractivity (Wildman–Crippen MR) is 77.2 cm³/mol. The van der Waals surface area contributed by atoms with Crippen LogP contribution in [0.25, 0.3) is 0 Å². The topological polar surface area (TPSA) is 116 Å². The Hall–Kier alpha value is -2.55. The predicted octanol–water partition coefficient (Wildman–Crippen LogP) is 0.0749. The highest BCUT2D eigenvalue weighted by Gasteiger charge is 2.18. The normalized spacial score (nSPS) is 11.1. The highest BCUT2D eigenvalue weighted by molar-refractivity contribution is 7.92. The number of nitrogen functional groups attached to an aromatic ring is 1. The number of aromatic nitrogens is 2. The van der Waals surface area contributed by atoms with E-state index in [1.54, 1.807) is 6.92 Å². The number of hydrogen-bond donors (Lipinski definition) is 2. The summed E-state index contributed by atoms with van der Waals surface area (Å²) in [6, 6.07) is 6.82. The first kappa shape index (κ1) is 14.9. The molecule has 0 fully saturated rings. The molecular weight excluding hydrogens is 296 g/mol. The number of hydrogen-bond acceptors (Lipinski definition) is 6. The van der Waals surface area contributed by atoms with Crippen molar-refractivity contribution in [3.8, 4) is 5.88 Å². The van der Waals surface area contributed by atoms with E-state index >= 15 is 0 Å². The zero-order valence-corrected chi connectivity index (χ0v) is 12.2. The third-order valence-electron chi connectivity index (χ3n) is 2.68. The second kappa shape index (κ2) is 5.44. The molecule has 8 nitrogen and oxygen atoms in total. The van der Waals surface area contributed by atoms with Gasteiger partial charge in [-0.2, -0.15) is 13.2 Å². The lowest BCUT2D eigenvalue weighted by Crippen LogP contribution is -2.35. The third-order valence-corrected chi connectivity index (χ3v) is 4.13. The summed E-state index contributed by atoms with van der Waals surface area (Å²) in [5.74, 6) is 0.103. The van der Waals surface area contributed by atoms with Crippen LogP contribution in [0.4, 0.5) is 5.69 Å². The molecule has 2 rings (SSSR count). The van der Waals surface area contributed by atoms with Crippen molar-refractivity contribution in [2.24, 2.45) is 0 Å². The minimum Gasteiger partial charge on any atom is -0.480 e. The third kappa shape index (κ3) is 3.14. The molecule has 0 aliphatic heterocycles. The zero-order chi connectivity index (χ0) is 15.6. The van der Waals surface area contributed by atoms with Crippen LogP contribution in [0.1, 0.15) is 5.56 Å². The van der Waals surface area contributed by atoms with Crippen LogP contribution in [0.5, 0.6) is 5.88 Å². The van der Waals surface area contributed by atoms with Gasteiger partial charge >= 0.3 is 0 Å². The number of methoxy groups -OCH3 is 1. The molecule has 3 N–H and O–H groups in total. The molecule has 1 aromatic carbocycles. The van der Waals surface area contributed by atoms with Crippen molar-refractivity contribution in [2.45, 2.75) is 11.8 Å². The van der Waals surface area contributed by atoms with Gasteiger partial charge in [0.25, 0.3) is 15.6 Å². The number of ether oxygens (including phenoxy) is 1. The summed E-state index contributed by atoms with van der Waals surface area (Å²) < 4.78 is 29.4. The van der Waals surface area contributed by atoms with Crippen LogP contribution in [-0.2, 0) is 10.0 Å². The molecule has 1 heterocycles. The Morgan fingerprint density at radius 2 is 2.00 bits per heavy atom. The lowest BCUT2D eigenvalue weighted by Gasteiger charge is -2.11. The molecule has 112 valence electrons. The molecule has 0 amide bonds. The van der Waals surface area contributed by atoms with Gasteiger partial charge in [-0.1, -0.05) is 0 Å². The van der Waals surface area contributed by atoms with Crippen LogP contribution < -0.4 is 20.9 Å². The van der Waals surface area contributed by atoms with Gasteiger partial charge in [0.15, 0.2) is 0 Å². The minimum atomic E-state index is -3.97. The van der Waals surface area contributed by atoms with Gasteiger partial charge in [0.05, 0.1) is 12.0 Å². The van der Waals surface area contributed by atoms with Crippen molar-refractivity contribution in [2.75, 3.05) is 17.7 Å². The lowest BCUT2D eigenvalue weighted by atomic mass is 10.2. The molecule has 9 heteroatoms. The summed E-state index contributed by atoms with van der Waals surface area (Å²) in [6.07, 6.45) is 0. The van der Waals surface area contributed by atoms with Gasteiger partial charge in [-0.05, 0) is 30.7 Å². The summed E-state index contributed by atoms with van der Waals surface area (Å²) >= 11 is 0. The smallest absolute Gasteiger partial charge is 0.287 e. The summed E-state index contributed by atoms with van der Waals surface area (Å²) in [7, 11) is -2.61. The Labute approximate surface area is 121 Å². The first-order chi connectivity index (χ1) is 9.83. The maximum absolute atomic E-state index is 12.3. The molecule has 1 aromatic heterocycles. The molecule has 0 saturated carbocycles. The molecule has 0 spiro atoms. The fraction of sp³-hybridized carbons (Fsp3) is 0.167. The Morgan fingerprint density at radius 1 is 1.29 bits per heavy atom. The number of sulfonamides is 1. The summed E-state index contributed by atoms with van der Waals surface area (Å²) in [6.45, 7) is 1.60. The van der Waals surface area contributed by atoms with Crippen molar-refractivity contribution < 1.29 is 13.2 Å². The molecular formula is C12H14N4O4S. The Morgan fingerprint density at radius 3 is 2.62 bits per heavy atom. The Kier molecular flexibility index (Phi) is 3.85. The van der Waals surface area contributed by atoms with Crippen molar-refractivity contribution in [3.63, 3.8) is 0 Å². The van der Waals surface area contributed by atoms with E-state index < -0.39 is 15.6 Å². The number of rotatable bonds is 4. The summed E-state index contributed by atoms with van der Waals surface area (Å²) in [5, 5.41) is 3.72. The van der Waals surface area contributed by atoms with E-state index in [4.69, 9.17) is 10.5 Å². The Bertz CT molecular complexity index is 829. The first-order valence-electron chi connectivity index (χ1n) is 5.87. The van der Waals surface area contributed by atoms with E-state index in [1.165, 1.54) is 31.4 Å². The molecule has 0 radical (unpaired) electrons. The first-order valence-corrected chi connectivity index (χ1v) is 7.35. The standard InChI is InChI=1S/C12H14N4O4S/c1-8-7-9(13)3-4-10(8)21(18,19)15-16-12(17)6-5-11(14-16)20-2/h3-7,15H,13H2,1-2H3. The van der Waals surface area contributed by atoms with E-state index in [-0.39, 0.29) is 10.8 Å². The molecule has 0 aliphatic rings. The fourth-order valence-corrected chi connectivity index (χ4v) is 2.89. The van der Waals surface area contributed by atoms with Crippen molar-refractivity contribution in [1.82, 2.24) is 9.89 Å². The van der Waals surface area contributed by atoms with Gasteiger partial charge in [-0.3, -0.25) is 4.79 Å². The average Bonchev–Trinajstić information content (AvgIpc) is 2.40. The van der Waals surface area contributed by atoms with E-state index in [0.717, 1.165) is 6.07 Å². The molecule has 0 atom stereocenters. The van der Waals surface area contributed by atoms with Crippen molar-refractivity contribution >= 4 is 15.7 Å². The highest BCUT2D eigenvalue weighted by Crippen LogP contribution is 2.18. The summed E-state index contributed by atoms with van der Waals surface area (Å²) in [4.78, 5) is 14.3. The van der Waals surface area contributed by atoms with Crippen LogP contribution in [-0.4, -0.2) is 25.4 Å². The van der Waals surface area contributed by atoms with Gasteiger partial charge < -0.3 is 10.5 Å². The number of aryl methyl sites for hydroxylation is 1. The largest absolute Gasteiger partial charge is 0.480 e. The zero-order valence-electron chi connectivity index (χ0n) is 11.4.